The number of hydrogen-bond donors (Lipinski definition) is 3. The maximum Gasteiger partial charge on any atom is 0.323 e. The van der Waals surface area contributed by atoms with Crippen molar-refractivity contribution in [2.24, 2.45) is 5.92 Å². The van der Waals surface area contributed by atoms with Gasteiger partial charge in [0.2, 0.25) is 17.2 Å². The standard InChI is InChI=1S/C23H20ClN3O6/c1-10-6-12(25-11-4-5-13-14(7-11)27-22(30)26-13)8-17(28)23(10)21(29)18-15(31-2)9-16(32-3)19(24)20(18)33-23/h4-5,7-10,25H,6H2,1-3H3,(H2,26,27,30)/t10-,23+/m1/s1. The van der Waals surface area contributed by atoms with Crippen LogP contribution in [0.5, 0.6) is 17.2 Å². The van der Waals surface area contributed by atoms with E-state index in [2.05, 4.69) is 15.3 Å². The summed E-state index contributed by atoms with van der Waals surface area (Å²) in [6.45, 7) is 1.78. The number of allylic oxidation sites excluding steroid dienone is 1. The van der Waals surface area contributed by atoms with Crippen LogP contribution in [-0.4, -0.2) is 41.4 Å². The second-order valence-corrected chi connectivity index (χ2v) is 8.45. The Labute approximate surface area is 192 Å². The number of Topliss-reactive ketones (excluding diaryl/α,β-unsaturated/α-hetero) is 1. The highest BCUT2D eigenvalue weighted by atomic mass is 35.5. The summed E-state index contributed by atoms with van der Waals surface area (Å²) in [5.74, 6) is -0.875. The molecule has 170 valence electrons. The average Bonchev–Trinajstić information content (AvgIpc) is 3.30. The molecule has 0 saturated heterocycles. The van der Waals surface area contributed by atoms with E-state index in [1.54, 1.807) is 25.1 Å². The molecule has 2 heterocycles. The number of imidazole rings is 1. The minimum absolute atomic E-state index is 0.0877. The number of carbonyl (C=O) groups is 2. The fourth-order valence-electron chi connectivity index (χ4n) is 4.51. The molecule has 10 heteroatoms. The lowest BCUT2D eigenvalue weighted by molar-refractivity contribution is -0.129. The van der Waals surface area contributed by atoms with Gasteiger partial charge >= 0.3 is 5.69 Å². The number of aromatic amines is 2. The number of H-pyrrole nitrogens is 2. The van der Waals surface area contributed by atoms with Gasteiger partial charge in [0, 0.05) is 29.4 Å². The van der Waals surface area contributed by atoms with Crippen molar-refractivity contribution >= 4 is 39.9 Å². The van der Waals surface area contributed by atoms with Crippen molar-refractivity contribution in [3.8, 4) is 17.2 Å². The lowest BCUT2D eigenvalue weighted by Gasteiger charge is -2.35. The van der Waals surface area contributed by atoms with E-state index in [1.165, 1.54) is 26.4 Å². The number of methoxy groups -OCH3 is 2. The fraction of sp³-hybridized carbons (Fsp3) is 0.261. The molecule has 3 N–H and O–H groups in total. The minimum Gasteiger partial charge on any atom is -0.496 e. The van der Waals surface area contributed by atoms with Crippen LogP contribution in [0.3, 0.4) is 0 Å². The highest BCUT2D eigenvalue weighted by Crippen LogP contribution is 2.53. The zero-order chi connectivity index (χ0) is 23.5. The van der Waals surface area contributed by atoms with Crippen molar-refractivity contribution in [2.75, 3.05) is 19.5 Å². The van der Waals surface area contributed by atoms with Gasteiger partial charge in [-0.25, -0.2) is 4.79 Å². The maximum atomic E-state index is 13.5. The van der Waals surface area contributed by atoms with Crippen LogP contribution in [0.2, 0.25) is 5.02 Å². The average molecular weight is 470 g/mol. The van der Waals surface area contributed by atoms with Crippen molar-refractivity contribution < 1.29 is 23.8 Å². The number of ketones is 2. The van der Waals surface area contributed by atoms with Crippen molar-refractivity contribution in [1.29, 1.82) is 0 Å². The van der Waals surface area contributed by atoms with Crippen LogP contribution in [0.25, 0.3) is 11.0 Å². The SMILES string of the molecule is COc1cc(OC)c2c(c1Cl)O[C@@]1(C(=O)C=C(Nc3ccc4[nH]c(=O)[nH]c4c3)C[C@H]1C)C2=O. The van der Waals surface area contributed by atoms with Gasteiger partial charge in [0.05, 0.1) is 25.3 Å². The monoisotopic (exact) mass is 469 g/mol. The first-order chi connectivity index (χ1) is 15.8. The van der Waals surface area contributed by atoms with Crippen LogP contribution in [0, 0.1) is 5.92 Å². The van der Waals surface area contributed by atoms with E-state index in [-0.39, 0.29) is 33.5 Å². The van der Waals surface area contributed by atoms with E-state index in [4.69, 9.17) is 25.8 Å². The molecule has 1 aromatic heterocycles. The third kappa shape index (κ3) is 3.03. The molecule has 3 aromatic rings. The van der Waals surface area contributed by atoms with Crippen LogP contribution < -0.4 is 25.2 Å². The first-order valence-electron chi connectivity index (χ1n) is 10.2. The quantitative estimate of drug-likeness (QED) is 0.500. The second kappa shape index (κ2) is 7.41. The molecule has 0 saturated carbocycles. The van der Waals surface area contributed by atoms with E-state index in [1.807, 2.05) is 0 Å². The largest absolute Gasteiger partial charge is 0.496 e. The Morgan fingerprint density at radius 3 is 2.52 bits per heavy atom. The Bertz CT molecular complexity index is 1420. The minimum atomic E-state index is -1.73. The number of carbonyl (C=O) groups excluding carboxylic acids is 2. The Kier molecular flexibility index (Phi) is 4.75. The zero-order valence-corrected chi connectivity index (χ0v) is 18.8. The third-order valence-corrected chi connectivity index (χ3v) is 6.49. The van der Waals surface area contributed by atoms with E-state index >= 15 is 0 Å². The molecule has 2 atom stereocenters. The van der Waals surface area contributed by atoms with E-state index < -0.39 is 23.1 Å². The first kappa shape index (κ1) is 21.1. The molecular weight excluding hydrogens is 450 g/mol. The van der Waals surface area contributed by atoms with E-state index in [0.717, 1.165) is 0 Å². The summed E-state index contributed by atoms with van der Waals surface area (Å²) in [6, 6.07) is 6.81. The summed E-state index contributed by atoms with van der Waals surface area (Å²) >= 11 is 6.41. The number of halogens is 1. The summed E-state index contributed by atoms with van der Waals surface area (Å²) in [5, 5.41) is 3.32. The van der Waals surface area contributed by atoms with Gasteiger partial charge in [-0.3, -0.25) is 9.59 Å². The molecule has 1 spiro atoms. The van der Waals surface area contributed by atoms with Gasteiger partial charge in [-0.1, -0.05) is 18.5 Å². The summed E-state index contributed by atoms with van der Waals surface area (Å²) in [5.41, 5.74) is 0.733. The number of nitrogens with one attached hydrogen (secondary N) is 3. The van der Waals surface area contributed by atoms with Crippen LogP contribution in [0.15, 0.2) is 40.8 Å². The molecule has 0 fully saturated rings. The number of rotatable bonds is 4. The van der Waals surface area contributed by atoms with Gasteiger partial charge in [-0.15, -0.1) is 0 Å². The van der Waals surface area contributed by atoms with Crippen molar-refractivity contribution in [3.63, 3.8) is 0 Å². The van der Waals surface area contributed by atoms with Gasteiger partial charge in [0.25, 0.3) is 0 Å². The lowest BCUT2D eigenvalue weighted by atomic mass is 9.74. The first-order valence-corrected chi connectivity index (χ1v) is 10.6. The molecule has 1 aliphatic carbocycles. The summed E-state index contributed by atoms with van der Waals surface area (Å²) < 4.78 is 16.7. The van der Waals surface area contributed by atoms with E-state index in [0.29, 0.717) is 28.8 Å². The Morgan fingerprint density at radius 2 is 1.82 bits per heavy atom. The molecule has 0 amide bonds. The number of aromatic nitrogens is 2. The summed E-state index contributed by atoms with van der Waals surface area (Å²) in [4.78, 5) is 43.8. The zero-order valence-electron chi connectivity index (χ0n) is 18.0. The predicted octanol–water partition coefficient (Wildman–Crippen LogP) is 3.45. The van der Waals surface area contributed by atoms with Crippen LogP contribution in [0.1, 0.15) is 23.7 Å². The summed E-state index contributed by atoms with van der Waals surface area (Å²) in [7, 11) is 2.86. The summed E-state index contributed by atoms with van der Waals surface area (Å²) in [6.07, 6.45) is 1.75. The van der Waals surface area contributed by atoms with Gasteiger partial charge in [0.15, 0.2) is 5.75 Å². The molecule has 33 heavy (non-hydrogen) atoms. The molecule has 5 rings (SSSR count). The Balaban J connectivity index is 1.50. The topological polar surface area (TPSA) is 123 Å². The number of benzene rings is 2. The number of ether oxygens (including phenoxy) is 3. The normalized spacial score (nSPS) is 21.7. The fourth-order valence-corrected chi connectivity index (χ4v) is 4.78. The molecule has 9 nitrogen and oxygen atoms in total. The van der Waals surface area contributed by atoms with Crippen LogP contribution >= 0.6 is 11.6 Å². The Hall–Kier alpha value is -3.72. The Morgan fingerprint density at radius 1 is 1.09 bits per heavy atom. The highest BCUT2D eigenvalue weighted by molar-refractivity contribution is 6.36. The lowest BCUT2D eigenvalue weighted by Crippen LogP contribution is -2.55. The molecule has 2 aliphatic rings. The van der Waals surface area contributed by atoms with E-state index in [9.17, 15) is 14.4 Å². The predicted molar refractivity (Wildman–Crippen MR) is 122 cm³/mol. The molecule has 0 unspecified atom stereocenters. The van der Waals surface area contributed by atoms with Crippen LogP contribution in [0.4, 0.5) is 5.69 Å². The smallest absolute Gasteiger partial charge is 0.323 e. The second-order valence-electron chi connectivity index (χ2n) is 8.07. The van der Waals surface area contributed by atoms with Crippen LogP contribution in [-0.2, 0) is 4.79 Å². The third-order valence-electron chi connectivity index (χ3n) is 6.13. The number of hydrogen-bond acceptors (Lipinski definition) is 7. The van der Waals surface area contributed by atoms with Crippen molar-refractivity contribution in [3.05, 3.63) is 57.1 Å². The van der Waals surface area contributed by atoms with Gasteiger partial charge in [-0.2, -0.15) is 0 Å². The maximum absolute atomic E-state index is 13.5. The molecular formula is C23H20ClN3O6. The van der Waals surface area contributed by atoms with Gasteiger partial charge in [-0.05, 0) is 24.6 Å². The number of fused-ring (bicyclic) bond motifs is 2. The van der Waals surface area contributed by atoms with Crippen molar-refractivity contribution in [2.45, 2.75) is 18.9 Å². The molecule has 2 aromatic carbocycles. The molecule has 0 bridgehead atoms. The molecule has 0 radical (unpaired) electrons. The molecule has 1 aliphatic heterocycles. The van der Waals surface area contributed by atoms with Gasteiger partial charge in [0.1, 0.15) is 22.1 Å². The van der Waals surface area contributed by atoms with Crippen molar-refractivity contribution in [1.82, 2.24) is 9.97 Å². The van der Waals surface area contributed by atoms with Gasteiger partial charge < -0.3 is 29.5 Å². The highest BCUT2D eigenvalue weighted by Gasteiger charge is 2.60. The number of anilines is 1.